The van der Waals surface area contributed by atoms with Crippen LogP contribution >= 0.6 is 11.3 Å². The maximum Gasteiger partial charge on any atom is 0.0983 e. The van der Waals surface area contributed by atoms with Crippen molar-refractivity contribution in [3.8, 4) is 0 Å². The molecular weight excluding hydrogens is 278 g/mol. The highest BCUT2D eigenvalue weighted by Gasteiger charge is 2.19. The van der Waals surface area contributed by atoms with Crippen LogP contribution in [0.2, 0.25) is 0 Å². The first-order chi connectivity index (χ1) is 10.4. The topological polar surface area (TPSA) is 37.8 Å². The largest absolute Gasteiger partial charge is 0.310 e. The van der Waals surface area contributed by atoms with Gasteiger partial charge in [0.2, 0.25) is 0 Å². The zero-order valence-corrected chi connectivity index (χ0v) is 12.6. The lowest BCUT2D eigenvalue weighted by molar-refractivity contribution is 0.685. The molecule has 1 aliphatic rings. The molecule has 2 aromatic heterocycles. The zero-order valence-electron chi connectivity index (χ0n) is 11.7. The van der Waals surface area contributed by atoms with Crippen molar-refractivity contribution in [3.05, 3.63) is 58.9 Å². The first-order valence-electron chi connectivity index (χ1n) is 7.37. The van der Waals surface area contributed by atoms with Crippen LogP contribution in [0.4, 0.5) is 0 Å². The first kappa shape index (κ1) is 12.9. The van der Waals surface area contributed by atoms with Gasteiger partial charge in [-0.1, -0.05) is 18.2 Å². The highest BCUT2D eigenvalue weighted by molar-refractivity contribution is 7.18. The summed E-state index contributed by atoms with van der Waals surface area (Å²) in [6.07, 6.45) is 7.41. The smallest absolute Gasteiger partial charge is 0.0983 e. The van der Waals surface area contributed by atoms with Gasteiger partial charge in [0, 0.05) is 31.4 Å². The second-order valence-electron chi connectivity index (χ2n) is 5.61. The summed E-state index contributed by atoms with van der Waals surface area (Å²) in [4.78, 5) is 9.07. The Labute approximate surface area is 128 Å². The summed E-state index contributed by atoms with van der Waals surface area (Å²) >= 11 is 1.77. The van der Waals surface area contributed by atoms with Gasteiger partial charge >= 0.3 is 0 Å². The van der Waals surface area contributed by atoms with Crippen molar-refractivity contribution in [1.82, 2.24) is 15.3 Å². The van der Waals surface area contributed by atoms with E-state index < -0.39 is 0 Å². The van der Waals surface area contributed by atoms with E-state index in [1.165, 1.54) is 28.7 Å². The van der Waals surface area contributed by atoms with E-state index in [1.54, 1.807) is 11.3 Å². The summed E-state index contributed by atoms with van der Waals surface area (Å²) in [5.41, 5.74) is 3.60. The van der Waals surface area contributed by atoms with E-state index in [-0.39, 0.29) is 0 Å². The van der Waals surface area contributed by atoms with E-state index in [1.807, 2.05) is 18.5 Å². The fourth-order valence-electron chi connectivity index (χ4n) is 2.45. The average molecular weight is 295 g/mol. The number of nitrogens with zero attached hydrogens (tertiary/aromatic N) is 2. The highest BCUT2D eigenvalue weighted by Crippen LogP contribution is 2.24. The Morgan fingerprint density at radius 1 is 1.14 bits per heavy atom. The molecule has 2 heterocycles. The summed E-state index contributed by atoms with van der Waals surface area (Å²) in [6, 6.07) is 11.3. The van der Waals surface area contributed by atoms with Gasteiger partial charge < -0.3 is 5.32 Å². The fourth-order valence-corrected chi connectivity index (χ4v) is 3.46. The van der Waals surface area contributed by atoms with Crippen LogP contribution in [0.5, 0.6) is 0 Å². The Hall–Kier alpha value is -1.78. The molecule has 4 rings (SSSR count). The summed E-state index contributed by atoms with van der Waals surface area (Å²) in [5, 5.41) is 4.69. The van der Waals surface area contributed by atoms with Crippen molar-refractivity contribution in [3.63, 3.8) is 0 Å². The maximum absolute atomic E-state index is 4.70. The molecule has 0 amide bonds. The van der Waals surface area contributed by atoms with Gasteiger partial charge in [0.05, 0.1) is 15.2 Å². The molecule has 0 bridgehead atoms. The van der Waals surface area contributed by atoms with E-state index in [0.717, 1.165) is 29.5 Å². The van der Waals surface area contributed by atoms with E-state index in [0.29, 0.717) is 0 Å². The van der Waals surface area contributed by atoms with Crippen molar-refractivity contribution < 1.29 is 0 Å². The molecule has 21 heavy (non-hydrogen) atoms. The fraction of sp³-hybridized carbons (Fsp3) is 0.294. The highest BCUT2D eigenvalue weighted by atomic mass is 32.1. The maximum atomic E-state index is 4.70. The second-order valence-corrected chi connectivity index (χ2v) is 6.72. The minimum atomic E-state index is 0.734. The number of aromatic nitrogens is 2. The number of rotatable bonds is 5. The molecule has 0 saturated heterocycles. The lowest BCUT2D eigenvalue weighted by atomic mass is 10.1. The molecule has 0 unspecified atom stereocenters. The van der Waals surface area contributed by atoms with Gasteiger partial charge in [0.25, 0.3) is 0 Å². The Bertz CT molecular complexity index is 728. The van der Waals surface area contributed by atoms with E-state index in [9.17, 15) is 0 Å². The predicted molar refractivity (Wildman–Crippen MR) is 86.5 cm³/mol. The standard InChI is InChI=1S/C17H17N3S/c1-2-4-16-15(3-1)20-17(21-16)8-12-7-13(10-18-9-12)11-19-14-5-6-14/h1-4,7,9-10,14,19H,5-6,8,11H2. The predicted octanol–water partition coefficient (Wildman–Crippen LogP) is 3.53. The van der Waals surface area contributed by atoms with E-state index >= 15 is 0 Å². The number of fused-ring (bicyclic) bond motifs is 1. The summed E-state index contributed by atoms with van der Waals surface area (Å²) in [5.74, 6) is 0. The Balaban J connectivity index is 1.51. The number of hydrogen-bond acceptors (Lipinski definition) is 4. The van der Waals surface area contributed by atoms with Crippen molar-refractivity contribution in [2.75, 3.05) is 0 Å². The molecule has 0 aliphatic heterocycles. The molecule has 1 fully saturated rings. The molecule has 4 heteroatoms. The Morgan fingerprint density at radius 2 is 2.00 bits per heavy atom. The molecule has 1 saturated carbocycles. The third-order valence-electron chi connectivity index (χ3n) is 3.72. The minimum absolute atomic E-state index is 0.734. The van der Waals surface area contributed by atoms with Crippen LogP contribution in [-0.2, 0) is 13.0 Å². The summed E-state index contributed by atoms with van der Waals surface area (Å²) in [6.45, 7) is 0.922. The van der Waals surface area contributed by atoms with Crippen LogP contribution in [-0.4, -0.2) is 16.0 Å². The van der Waals surface area contributed by atoms with Gasteiger partial charge in [-0.2, -0.15) is 0 Å². The van der Waals surface area contributed by atoms with Gasteiger partial charge in [-0.15, -0.1) is 11.3 Å². The number of nitrogens with one attached hydrogen (secondary N) is 1. The lowest BCUT2D eigenvalue weighted by Crippen LogP contribution is -2.15. The van der Waals surface area contributed by atoms with Crippen molar-refractivity contribution in [2.24, 2.45) is 0 Å². The van der Waals surface area contributed by atoms with Crippen LogP contribution in [0.1, 0.15) is 29.0 Å². The van der Waals surface area contributed by atoms with Gasteiger partial charge in [-0.05, 0) is 36.1 Å². The number of hydrogen-bond donors (Lipinski definition) is 1. The monoisotopic (exact) mass is 295 g/mol. The molecule has 1 aromatic carbocycles. The molecule has 0 atom stereocenters. The second kappa shape index (κ2) is 5.54. The summed E-state index contributed by atoms with van der Waals surface area (Å²) < 4.78 is 1.26. The molecular formula is C17H17N3S. The summed E-state index contributed by atoms with van der Waals surface area (Å²) in [7, 11) is 0. The van der Waals surface area contributed by atoms with Crippen molar-refractivity contribution in [1.29, 1.82) is 0 Å². The van der Waals surface area contributed by atoms with Crippen LogP contribution in [0, 0.1) is 0 Å². The van der Waals surface area contributed by atoms with Gasteiger partial charge in [-0.25, -0.2) is 4.98 Å². The number of para-hydroxylation sites is 1. The Morgan fingerprint density at radius 3 is 2.86 bits per heavy atom. The molecule has 1 N–H and O–H groups in total. The van der Waals surface area contributed by atoms with Crippen molar-refractivity contribution in [2.45, 2.75) is 31.8 Å². The number of benzene rings is 1. The minimum Gasteiger partial charge on any atom is -0.310 e. The molecule has 3 nitrogen and oxygen atoms in total. The lowest BCUT2D eigenvalue weighted by Gasteiger charge is -2.04. The van der Waals surface area contributed by atoms with Crippen molar-refractivity contribution >= 4 is 21.6 Å². The van der Waals surface area contributed by atoms with Gasteiger partial charge in [0.1, 0.15) is 0 Å². The molecule has 0 radical (unpaired) electrons. The van der Waals surface area contributed by atoms with E-state index in [2.05, 4.69) is 34.6 Å². The normalized spacial score (nSPS) is 14.7. The van der Waals surface area contributed by atoms with Crippen LogP contribution < -0.4 is 5.32 Å². The average Bonchev–Trinajstić information content (AvgIpc) is 3.24. The number of thiazole rings is 1. The van der Waals surface area contributed by atoms with Gasteiger partial charge in [-0.3, -0.25) is 4.98 Å². The molecule has 0 spiro atoms. The van der Waals surface area contributed by atoms with Crippen LogP contribution in [0.15, 0.2) is 42.7 Å². The first-order valence-corrected chi connectivity index (χ1v) is 8.19. The molecule has 1 aliphatic carbocycles. The molecule has 3 aromatic rings. The molecule has 106 valence electrons. The number of pyridine rings is 1. The third-order valence-corrected chi connectivity index (χ3v) is 4.75. The van der Waals surface area contributed by atoms with Gasteiger partial charge in [0.15, 0.2) is 0 Å². The quantitative estimate of drug-likeness (QED) is 0.782. The third kappa shape index (κ3) is 3.12. The van der Waals surface area contributed by atoms with Crippen LogP contribution in [0.25, 0.3) is 10.2 Å². The van der Waals surface area contributed by atoms with Crippen LogP contribution in [0.3, 0.4) is 0 Å². The van der Waals surface area contributed by atoms with E-state index in [4.69, 9.17) is 4.98 Å². The SMILES string of the molecule is c1ccc2sc(Cc3cncc(CNC4CC4)c3)nc2c1. The zero-order chi connectivity index (χ0) is 14.1. The Kier molecular flexibility index (Phi) is 3.41.